The molecule has 1 fully saturated rings. The number of halogens is 1. The van der Waals surface area contributed by atoms with E-state index in [9.17, 15) is 9.50 Å². The van der Waals surface area contributed by atoms with Gasteiger partial charge in [0.15, 0.2) is 0 Å². The van der Waals surface area contributed by atoms with Crippen LogP contribution in [0, 0.1) is 5.82 Å². The summed E-state index contributed by atoms with van der Waals surface area (Å²) in [6.07, 6.45) is -0.722. The summed E-state index contributed by atoms with van der Waals surface area (Å²) in [6, 6.07) is 5.79. The van der Waals surface area contributed by atoms with Gasteiger partial charge in [-0.2, -0.15) is 0 Å². The maximum Gasteiger partial charge on any atom is 0.138 e. The third-order valence-corrected chi connectivity index (χ3v) is 2.23. The van der Waals surface area contributed by atoms with Crippen LogP contribution in [0.4, 0.5) is 4.39 Å². The lowest BCUT2D eigenvalue weighted by Crippen LogP contribution is -2.29. The molecule has 0 saturated carbocycles. The fraction of sp³-hybridized carbons (Fsp3) is 0.400. The SMILES string of the molecule is O[C@@H]1CNC[C@@H]1Oc1ccc(F)cc1. The molecule has 1 aromatic rings. The van der Waals surface area contributed by atoms with Crippen LogP contribution in [-0.2, 0) is 0 Å². The highest BCUT2D eigenvalue weighted by molar-refractivity contribution is 5.22. The number of ether oxygens (including phenoxy) is 1. The van der Waals surface area contributed by atoms with Crippen molar-refractivity contribution in [1.82, 2.24) is 5.32 Å². The van der Waals surface area contributed by atoms with Gasteiger partial charge in [0, 0.05) is 13.1 Å². The molecule has 2 atom stereocenters. The van der Waals surface area contributed by atoms with E-state index in [1.165, 1.54) is 12.1 Å². The van der Waals surface area contributed by atoms with Gasteiger partial charge in [-0.3, -0.25) is 0 Å². The van der Waals surface area contributed by atoms with Gasteiger partial charge in [0.25, 0.3) is 0 Å². The number of aliphatic hydroxyl groups is 1. The molecule has 2 rings (SSSR count). The minimum Gasteiger partial charge on any atom is -0.486 e. The summed E-state index contributed by atoms with van der Waals surface area (Å²) in [5.74, 6) is 0.293. The lowest BCUT2D eigenvalue weighted by Gasteiger charge is -2.15. The fourth-order valence-electron chi connectivity index (χ4n) is 1.45. The highest BCUT2D eigenvalue weighted by Crippen LogP contribution is 2.15. The fourth-order valence-corrected chi connectivity index (χ4v) is 1.45. The van der Waals surface area contributed by atoms with Gasteiger partial charge in [-0.15, -0.1) is 0 Å². The molecule has 3 nitrogen and oxygen atoms in total. The molecule has 1 heterocycles. The number of benzene rings is 1. The van der Waals surface area contributed by atoms with E-state index in [0.717, 1.165) is 0 Å². The van der Waals surface area contributed by atoms with Crippen LogP contribution in [0.5, 0.6) is 5.75 Å². The molecular formula is C10H12FNO2. The molecule has 0 unspecified atom stereocenters. The third kappa shape index (κ3) is 2.02. The van der Waals surface area contributed by atoms with Gasteiger partial charge in [0.2, 0.25) is 0 Å². The molecule has 1 saturated heterocycles. The molecule has 0 bridgehead atoms. The Kier molecular flexibility index (Phi) is 2.65. The lowest BCUT2D eigenvalue weighted by atomic mass is 10.2. The Bertz CT molecular complexity index is 301. The van der Waals surface area contributed by atoms with Crippen molar-refractivity contribution in [2.75, 3.05) is 13.1 Å². The second-order valence-electron chi connectivity index (χ2n) is 3.34. The molecule has 1 aliphatic rings. The van der Waals surface area contributed by atoms with Crippen molar-refractivity contribution < 1.29 is 14.2 Å². The van der Waals surface area contributed by atoms with E-state index >= 15 is 0 Å². The average molecular weight is 197 g/mol. The number of hydrogen-bond acceptors (Lipinski definition) is 3. The Balaban J connectivity index is 2.00. The largest absolute Gasteiger partial charge is 0.486 e. The van der Waals surface area contributed by atoms with E-state index in [1.54, 1.807) is 12.1 Å². The second kappa shape index (κ2) is 3.94. The summed E-state index contributed by atoms with van der Waals surface area (Å²) >= 11 is 0. The monoisotopic (exact) mass is 197 g/mol. The summed E-state index contributed by atoms with van der Waals surface area (Å²) in [5.41, 5.74) is 0. The van der Waals surface area contributed by atoms with Gasteiger partial charge < -0.3 is 15.2 Å². The maximum absolute atomic E-state index is 12.6. The molecule has 0 radical (unpaired) electrons. The van der Waals surface area contributed by atoms with Crippen LogP contribution in [0.3, 0.4) is 0 Å². The van der Waals surface area contributed by atoms with Crippen LogP contribution in [0.15, 0.2) is 24.3 Å². The van der Waals surface area contributed by atoms with Gasteiger partial charge in [-0.1, -0.05) is 0 Å². The van der Waals surface area contributed by atoms with Crippen LogP contribution >= 0.6 is 0 Å². The Morgan fingerprint density at radius 2 is 2.00 bits per heavy atom. The van der Waals surface area contributed by atoms with E-state index in [4.69, 9.17) is 4.74 Å². The highest BCUT2D eigenvalue weighted by Gasteiger charge is 2.26. The first-order chi connectivity index (χ1) is 6.75. The van der Waals surface area contributed by atoms with Crippen molar-refractivity contribution in [3.05, 3.63) is 30.1 Å². The molecule has 76 valence electrons. The van der Waals surface area contributed by atoms with Crippen molar-refractivity contribution in [3.8, 4) is 5.75 Å². The number of β-amino-alcohol motifs (C(OH)–C–C–N with tert-alkyl or cyclic N) is 1. The van der Waals surface area contributed by atoms with Gasteiger partial charge in [0.05, 0.1) is 0 Å². The summed E-state index contributed by atoms with van der Waals surface area (Å²) in [6.45, 7) is 1.17. The summed E-state index contributed by atoms with van der Waals surface area (Å²) in [4.78, 5) is 0. The van der Waals surface area contributed by atoms with Gasteiger partial charge >= 0.3 is 0 Å². The topological polar surface area (TPSA) is 41.5 Å². The Morgan fingerprint density at radius 1 is 1.29 bits per heavy atom. The standard InChI is InChI=1S/C10H12FNO2/c11-7-1-3-8(4-2-7)14-10-6-12-5-9(10)13/h1-4,9-10,12-13H,5-6H2/t9-,10+/m1/s1. The minimum atomic E-state index is -0.486. The molecule has 0 amide bonds. The van der Waals surface area contributed by atoms with Crippen molar-refractivity contribution >= 4 is 0 Å². The second-order valence-corrected chi connectivity index (χ2v) is 3.34. The van der Waals surface area contributed by atoms with E-state index < -0.39 is 6.10 Å². The smallest absolute Gasteiger partial charge is 0.138 e. The zero-order chi connectivity index (χ0) is 9.97. The molecule has 0 aliphatic carbocycles. The van der Waals surface area contributed by atoms with Crippen LogP contribution in [-0.4, -0.2) is 30.4 Å². The molecule has 4 heteroatoms. The summed E-state index contributed by atoms with van der Waals surface area (Å²) in [5, 5.41) is 12.4. The maximum atomic E-state index is 12.6. The van der Waals surface area contributed by atoms with Crippen LogP contribution in [0.1, 0.15) is 0 Å². The van der Waals surface area contributed by atoms with E-state index in [-0.39, 0.29) is 11.9 Å². The number of hydrogen-bond donors (Lipinski definition) is 2. The normalized spacial score (nSPS) is 26.4. The van der Waals surface area contributed by atoms with Crippen LogP contribution < -0.4 is 10.1 Å². The first-order valence-corrected chi connectivity index (χ1v) is 4.57. The number of rotatable bonds is 2. The van der Waals surface area contributed by atoms with Crippen molar-refractivity contribution in [1.29, 1.82) is 0 Å². The molecule has 0 aromatic heterocycles. The highest BCUT2D eigenvalue weighted by atomic mass is 19.1. The van der Waals surface area contributed by atoms with Gasteiger partial charge in [-0.05, 0) is 24.3 Å². The predicted molar refractivity (Wildman–Crippen MR) is 49.7 cm³/mol. The minimum absolute atomic E-state index is 0.236. The quantitative estimate of drug-likeness (QED) is 0.727. The Morgan fingerprint density at radius 3 is 2.57 bits per heavy atom. The molecule has 14 heavy (non-hydrogen) atoms. The lowest BCUT2D eigenvalue weighted by molar-refractivity contribution is 0.0737. The number of aliphatic hydroxyl groups excluding tert-OH is 1. The first-order valence-electron chi connectivity index (χ1n) is 4.57. The van der Waals surface area contributed by atoms with Gasteiger partial charge in [-0.25, -0.2) is 4.39 Å². The third-order valence-electron chi connectivity index (χ3n) is 2.23. The average Bonchev–Trinajstić information content (AvgIpc) is 2.56. The zero-order valence-corrected chi connectivity index (χ0v) is 7.61. The zero-order valence-electron chi connectivity index (χ0n) is 7.61. The molecular weight excluding hydrogens is 185 g/mol. The molecule has 1 aliphatic heterocycles. The van der Waals surface area contributed by atoms with Crippen molar-refractivity contribution in [2.45, 2.75) is 12.2 Å². The summed E-state index contributed by atoms with van der Waals surface area (Å²) in [7, 11) is 0. The Labute approximate surface area is 81.5 Å². The summed E-state index contributed by atoms with van der Waals surface area (Å²) < 4.78 is 18.0. The number of nitrogens with one attached hydrogen (secondary N) is 1. The molecule has 0 spiro atoms. The Hall–Kier alpha value is -1.13. The van der Waals surface area contributed by atoms with Crippen LogP contribution in [0.25, 0.3) is 0 Å². The van der Waals surface area contributed by atoms with E-state index in [2.05, 4.69) is 5.32 Å². The van der Waals surface area contributed by atoms with Crippen molar-refractivity contribution in [3.63, 3.8) is 0 Å². The first kappa shape index (κ1) is 9.43. The molecule has 1 aromatic carbocycles. The molecule has 2 N–H and O–H groups in total. The van der Waals surface area contributed by atoms with E-state index in [0.29, 0.717) is 18.8 Å². The van der Waals surface area contributed by atoms with Gasteiger partial charge in [0.1, 0.15) is 23.8 Å². The predicted octanol–water partition coefficient (Wildman–Crippen LogP) is 0.537. The van der Waals surface area contributed by atoms with Crippen LogP contribution in [0.2, 0.25) is 0 Å². The van der Waals surface area contributed by atoms with Crippen molar-refractivity contribution in [2.24, 2.45) is 0 Å². The van der Waals surface area contributed by atoms with E-state index in [1.807, 2.05) is 0 Å².